The van der Waals surface area contributed by atoms with Crippen LogP contribution in [0.3, 0.4) is 0 Å². The van der Waals surface area contributed by atoms with E-state index in [0.29, 0.717) is 27.9 Å². The second-order valence-corrected chi connectivity index (χ2v) is 5.66. The summed E-state index contributed by atoms with van der Waals surface area (Å²) in [4.78, 5) is 13.1. The molecule has 0 radical (unpaired) electrons. The second-order valence-electron chi connectivity index (χ2n) is 4.88. The van der Waals surface area contributed by atoms with Gasteiger partial charge in [0.1, 0.15) is 10.3 Å². The average molecular weight is 297 g/mol. The van der Waals surface area contributed by atoms with E-state index in [4.69, 9.17) is 23.2 Å². The summed E-state index contributed by atoms with van der Waals surface area (Å²) in [5, 5.41) is 1.02. The van der Waals surface area contributed by atoms with E-state index in [0.717, 1.165) is 5.69 Å². The molecule has 1 fully saturated rings. The predicted octanol–water partition coefficient (Wildman–Crippen LogP) is 3.84. The fourth-order valence-corrected chi connectivity index (χ4v) is 2.88. The van der Waals surface area contributed by atoms with E-state index in [1.165, 1.54) is 25.7 Å². The molecule has 0 aliphatic heterocycles. The molecule has 1 aliphatic carbocycles. The van der Waals surface area contributed by atoms with Crippen LogP contribution in [0, 0.1) is 0 Å². The molecule has 6 heteroatoms. The lowest BCUT2D eigenvalue weighted by atomic mass is 10.0. The van der Waals surface area contributed by atoms with Gasteiger partial charge in [-0.25, -0.2) is 15.0 Å². The van der Waals surface area contributed by atoms with Crippen molar-refractivity contribution in [2.75, 3.05) is 0 Å². The maximum atomic E-state index is 6.12. The largest absolute Gasteiger partial charge is 0.316 e. The fourth-order valence-electron chi connectivity index (χ4n) is 2.56. The Morgan fingerprint density at radius 1 is 1.21 bits per heavy atom. The molecule has 2 aromatic heterocycles. The third-order valence-corrected chi connectivity index (χ3v) is 4.16. The van der Waals surface area contributed by atoms with Crippen molar-refractivity contribution in [2.24, 2.45) is 7.05 Å². The number of imidazole rings is 1. The smallest absolute Gasteiger partial charge is 0.197 e. The highest BCUT2D eigenvalue weighted by atomic mass is 35.5. The number of nitrogens with zero attached hydrogens (tertiary/aromatic N) is 4. The summed E-state index contributed by atoms with van der Waals surface area (Å²) >= 11 is 12.1. The fraction of sp³-hybridized carbons (Fsp3) is 0.462. The van der Waals surface area contributed by atoms with Crippen molar-refractivity contribution in [3.05, 3.63) is 28.3 Å². The lowest BCUT2D eigenvalue weighted by Gasteiger charge is -2.10. The van der Waals surface area contributed by atoms with Crippen LogP contribution in [0.5, 0.6) is 0 Å². The van der Waals surface area contributed by atoms with Crippen LogP contribution in [0.15, 0.2) is 12.3 Å². The highest BCUT2D eigenvalue weighted by Gasteiger charge is 2.21. The van der Waals surface area contributed by atoms with E-state index in [1.54, 1.807) is 10.8 Å². The molecule has 19 heavy (non-hydrogen) atoms. The molecular formula is C13H14Cl2N4. The standard InChI is InChI=1S/C13H14Cl2N4/c1-19-11(15)7-16-13(19)12-17-9(6-10(14)18-12)8-4-2-3-5-8/h6-8H,2-5H2,1H3. The topological polar surface area (TPSA) is 43.6 Å². The van der Waals surface area contributed by atoms with Gasteiger partial charge in [0.05, 0.1) is 6.20 Å². The highest BCUT2D eigenvalue weighted by molar-refractivity contribution is 6.30. The zero-order valence-electron chi connectivity index (χ0n) is 10.6. The van der Waals surface area contributed by atoms with Crippen LogP contribution < -0.4 is 0 Å². The van der Waals surface area contributed by atoms with Crippen LogP contribution in [0.25, 0.3) is 11.6 Å². The van der Waals surface area contributed by atoms with Gasteiger partial charge in [-0.3, -0.25) is 0 Å². The summed E-state index contributed by atoms with van der Waals surface area (Å²) in [6, 6.07) is 1.87. The van der Waals surface area contributed by atoms with E-state index in [-0.39, 0.29) is 0 Å². The summed E-state index contributed by atoms with van der Waals surface area (Å²) in [6.07, 6.45) is 6.46. The van der Waals surface area contributed by atoms with Crippen LogP contribution >= 0.6 is 23.2 Å². The van der Waals surface area contributed by atoms with Crippen molar-refractivity contribution in [1.82, 2.24) is 19.5 Å². The summed E-state index contributed by atoms with van der Waals surface area (Å²) in [5.41, 5.74) is 1.02. The summed E-state index contributed by atoms with van der Waals surface area (Å²) in [7, 11) is 1.84. The van der Waals surface area contributed by atoms with Crippen LogP contribution in [0.1, 0.15) is 37.3 Å². The Labute approximate surface area is 121 Å². The van der Waals surface area contributed by atoms with E-state index in [9.17, 15) is 0 Å². The molecule has 2 aromatic rings. The van der Waals surface area contributed by atoms with E-state index >= 15 is 0 Å². The first kappa shape index (κ1) is 12.9. The lowest BCUT2D eigenvalue weighted by molar-refractivity contribution is 0.694. The van der Waals surface area contributed by atoms with Gasteiger partial charge >= 0.3 is 0 Å². The van der Waals surface area contributed by atoms with Gasteiger partial charge < -0.3 is 4.57 Å². The van der Waals surface area contributed by atoms with Crippen molar-refractivity contribution in [2.45, 2.75) is 31.6 Å². The Morgan fingerprint density at radius 3 is 2.58 bits per heavy atom. The zero-order chi connectivity index (χ0) is 13.4. The Morgan fingerprint density at radius 2 is 1.95 bits per heavy atom. The van der Waals surface area contributed by atoms with E-state index in [2.05, 4.69) is 15.0 Å². The molecule has 1 aliphatic rings. The molecule has 0 saturated heterocycles. The zero-order valence-corrected chi connectivity index (χ0v) is 12.1. The number of hydrogen-bond acceptors (Lipinski definition) is 3. The third-order valence-electron chi connectivity index (χ3n) is 3.62. The normalized spacial score (nSPS) is 16.2. The molecular weight excluding hydrogens is 283 g/mol. The van der Waals surface area contributed by atoms with Crippen molar-refractivity contribution < 1.29 is 0 Å². The van der Waals surface area contributed by atoms with Gasteiger partial charge in [-0.05, 0) is 18.9 Å². The monoisotopic (exact) mass is 296 g/mol. The molecule has 0 atom stereocenters. The average Bonchev–Trinajstić information content (AvgIpc) is 3.01. The van der Waals surface area contributed by atoms with Gasteiger partial charge in [-0.15, -0.1) is 0 Å². The number of halogens is 2. The first-order valence-electron chi connectivity index (χ1n) is 6.37. The van der Waals surface area contributed by atoms with Crippen molar-refractivity contribution >= 4 is 23.2 Å². The molecule has 0 spiro atoms. The highest BCUT2D eigenvalue weighted by Crippen LogP contribution is 2.34. The molecule has 1 saturated carbocycles. The molecule has 0 bridgehead atoms. The van der Waals surface area contributed by atoms with Gasteiger partial charge in [0.15, 0.2) is 11.6 Å². The Hall–Kier alpha value is -1.13. The summed E-state index contributed by atoms with van der Waals surface area (Å²) in [6.45, 7) is 0. The van der Waals surface area contributed by atoms with Crippen LogP contribution in [-0.2, 0) is 7.05 Å². The number of aromatic nitrogens is 4. The molecule has 2 heterocycles. The van der Waals surface area contributed by atoms with Crippen molar-refractivity contribution in [1.29, 1.82) is 0 Å². The molecule has 0 amide bonds. The minimum atomic E-state index is 0.464. The van der Waals surface area contributed by atoms with Crippen LogP contribution in [0.2, 0.25) is 10.3 Å². The van der Waals surface area contributed by atoms with Gasteiger partial charge in [-0.1, -0.05) is 36.0 Å². The lowest BCUT2D eigenvalue weighted by Crippen LogP contribution is -2.03. The molecule has 4 nitrogen and oxygen atoms in total. The Kier molecular flexibility index (Phi) is 3.46. The summed E-state index contributed by atoms with van der Waals surface area (Å²) in [5.74, 6) is 1.69. The van der Waals surface area contributed by atoms with Gasteiger partial charge in [0, 0.05) is 18.7 Å². The van der Waals surface area contributed by atoms with E-state index in [1.807, 2.05) is 13.1 Å². The summed E-state index contributed by atoms with van der Waals surface area (Å²) < 4.78 is 1.76. The molecule has 0 unspecified atom stereocenters. The maximum Gasteiger partial charge on any atom is 0.197 e. The first-order chi connectivity index (χ1) is 9.15. The quantitative estimate of drug-likeness (QED) is 0.791. The van der Waals surface area contributed by atoms with Crippen molar-refractivity contribution in [3.8, 4) is 11.6 Å². The Balaban J connectivity index is 2.04. The van der Waals surface area contributed by atoms with Gasteiger partial charge in [0.25, 0.3) is 0 Å². The first-order valence-corrected chi connectivity index (χ1v) is 7.13. The molecule has 100 valence electrons. The van der Waals surface area contributed by atoms with Crippen LogP contribution in [-0.4, -0.2) is 19.5 Å². The van der Waals surface area contributed by atoms with Gasteiger partial charge in [0.2, 0.25) is 0 Å². The van der Waals surface area contributed by atoms with Gasteiger partial charge in [-0.2, -0.15) is 0 Å². The number of rotatable bonds is 2. The SMILES string of the molecule is Cn1c(Cl)cnc1-c1nc(Cl)cc(C2CCCC2)n1. The predicted molar refractivity (Wildman–Crippen MR) is 75.5 cm³/mol. The maximum absolute atomic E-state index is 6.12. The second kappa shape index (κ2) is 5.10. The Bertz CT molecular complexity index is 603. The molecule has 0 aromatic carbocycles. The minimum Gasteiger partial charge on any atom is -0.316 e. The third kappa shape index (κ3) is 2.47. The van der Waals surface area contributed by atoms with Crippen LogP contribution in [0.4, 0.5) is 0 Å². The van der Waals surface area contributed by atoms with Crippen molar-refractivity contribution in [3.63, 3.8) is 0 Å². The van der Waals surface area contributed by atoms with E-state index < -0.39 is 0 Å². The molecule has 0 N–H and O–H groups in total. The molecule has 3 rings (SSSR count). The minimum absolute atomic E-state index is 0.464. The number of hydrogen-bond donors (Lipinski definition) is 0.